The second-order valence-corrected chi connectivity index (χ2v) is 11.2. The van der Waals surface area contributed by atoms with Crippen molar-refractivity contribution < 1.29 is 28.8 Å². The van der Waals surface area contributed by atoms with E-state index in [0.717, 1.165) is 57.8 Å². The molecule has 0 aliphatic heterocycles. The standard InChI is InChI=1S/C35H52N2O6/c1-7-10-13-19-24-40-30-27-29(33(38)36-22-17-16-18-23-37-34(39)43-35(4,5)6)28-31(41-25-20-14-11-8-2)32(30)42-26-21-15-12-9-3/h1-3,27-28,33,36,38H,10-26H2,4-6H3,(H,37,39). The number of carbonyl (C=O) groups is 1. The Kier molecular flexibility index (Phi) is 20.1. The Labute approximate surface area is 260 Å². The highest BCUT2D eigenvalue weighted by molar-refractivity contribution is 5.67. The van der Waals surface area contributed by atoms with E-state index >= 15 is 0 Å². The second-order valence-electron chi connectivity index (χ2n) is 11.2. The van der Waals surface area contributed by atoms with Crippen LogP contribution in [-0.2, 0) is 4.74 Å². The van der Waals surface area contributed by atoms with Gasteiger partial charge < -0.3 is 29.4 Å². The minimum Gasteiger partial charge on any atom is -0.490 e. The molecule has 0 aromatic heterocycles. The van der Waals surface area contributed by atoms with E-state index in [1.165, 1.54) is 0 Å². The molecule has 1 atom stereocenters. The Morgan fingerprint density at radius 2 is 1.26 bits per heavy atom. The third kappa shape index (κ3) is 18.6. The number of alkyl carbamates (subject to hydrolysis) is 1. The summed E-state index contributed by atoms with van der Waals surface area (Å²) in [4.78, 5) is 11.8. The van der Waals surface area contributed by atoms with Crippen molar-refractivity contribution in [2.45, 2.75) is 110 Å². The van der Waals surface area contributed by atoms with E-state index in [1.807, 2.05) is 20.8 Å². The lowest BCUT2D eigenvalue weighted by Crippen LogP contribution is -2.33. The molecule has 8 heteroatoms. The molecule has 1 amide bonds. The fourth-order valence-electron chi connectivity index (χ4n) is 3.93. The summed E-state index contributed by atoms with van der Waals surface area (Å²) in [7, 11) is 0. The molecule has 0 saturated carbocycles. The zero-order valence-corrected chi connectivity index (χ0v) is 26.5. The quantitative estimate of drug-likeness (QED) is 0.0753. The number of rotatable bonds is 23. The zero-order valence-electron chi connectivity index (χ0n) is 26.5. The zero-order chi connectivity index (χ0) is 31.8. The SMILES string of the molecule is C#CCCCCOc1cc(C(O)NCCCCCNC(=O)OC(C)(C)C)cc(OCCCCC#C)c1OCCCCC#C. The number of aliphatic hydroxyl groups excluding tert-OH is 1. The molecule has 1 aromatic rings. The van der Waals surface area contributed by atoms with Crippen molar-refractivity contribution in [2.24, 2.45) is 0 Å². The van der Waals surface area contributed by atoms with Gasteiger partial charge in [-0.1, -0.05) is 6.42 Å². The van der Waals surface area contributed by atoms with Crippen molar-refractivity contribution in [3.63, 3.8) is 0 Å². The van der Waals surface area contributed by atoms with Crippen molar-refractivity contribution >= 4 is 6.09 Å². The van der Waals surface area contributed by atoms with Crippen LogP contribution in [0.1, 0.15) is 110 Å². The molecule has 0 bridgehead atoms. The summed E-state index contributed by atoms with van der Waals surface area (Å²) in [5, 5.41) is 16.9. The first-order chi connectivity index (χ1) is 20.7. The summed E-state index contributed by atoms with van der Waals surface area (Å²) >= 11 is 0. The number of benzene rings is 1. The third-order valence-corrected chi connectivity index (χ3v) is 6.13. The monoisotopic (exact) mass is 596 g/mol. The highest BCUT2D eigenvalue weighted by Gasteiger charge is 2.19. The highest BCUT2D eigenvalue weighted by Crippen LogP contribution is 2.40. The predicted octanol–water partition coefficient (Wildman–Crippen LogP) is 6.51. The van der Waals surface area contributed by atoms with E-state index in [9.17, 15) is 9.90 Å². The van der Waals surface area contributed by atoms with Gasteiger partial charge in [-0.05, 0) is 90.8 Å². The molecular formula is C35H52N2O6. The molecule has 8 nitrogen and oxygen atoms in total. The molecule has 43 heavy (non-hydrogen) atoms. The number of aliphatic hydroxyl groups is 1. The molecule has 1 unspecified atom stereocenters. The molecule has 0 aliphatic carbocycles. The van der Waals surface area contributed by atoms with Gasteiger partial charge in [0.2, 0.25) is 5.75 Å². The molecular weight excluding hydrogens is 544 g/mol. The molecule has 0 radical (unpaired) electrons. The molecule has 238 valence electrons. The molecule has 1 aromatic carbocycles. The maximum absolute atomic E-state index is 11.8. The molecule has 3 N–H and O–H groups in total. The van der Waals surface area contributed by atoms with Crippen molar-refractivity contribution in [1.29, 1.82) is 0 Å². The summed E-state index contributed by atoms with van der Waals surface area (Å²) in [6.07, 6.45) is 24.3. The fourth-order valence-corrected chi connectivity index (χ4v) is 3.93. The summed E-state index contributed by atoms with van der Waals surface area (Å²) in [6, 6.07) is 3.59. The summed E-state index contributed by atoms with van der Waals surface area (Å²) < 4.78 is 23.7. The maximum Gasteiger partial charge on any atom is 0.407 e. The van der Waals surface area contributed by atoms with Gasteiger partial charge >= 0.3 is 6.09 Å². The molecule has 0 saturated heterocycles. The van der Waals surface area contributed by atoms with E-state index in [0.29, 0.717) is 75.0 Å². The van der Waals surface area contributed by atoms with Crippen molar-refractivity contribution in [3.05, 3.63) is 17.7 Å². The Morgan fingerprint density at radius 1 is 0.767 bits per heavy atom. The minimum absolute atomic E-state index is 0.413. The number of hydrogen-bond acceptors (Lipinski definition) is 7. The fraction of sp³-hybridized carbons (Fsp3) is 0.629. The Hall–Kier alpha value is -3.51. The van der Waals surface area contributed by atoms with Crippen LogP contribution in [0.3, 0.4) is 0 Å². The van der Waals surface area contributed by atoms with Gasteiger partial charge in [0, 0.05) is 31.4 Å². The van der Waals surface area contributed by atoms with Gasteiger partial charge in [-0.25, -0.2) is 4.79 Å². The number of amides is 1. The molecule has 1 rings (SSSR count). The van der Waals surface area contributed by atoms with Gasteiger partial charge in [-0.2, -0.15) is 0 Å². The van der Waals surface area contributed by atoms with Gasteiger partial charge in [0.05, 0.1) is 19.8 Å². The van der Waals surface area contributed by atoms with Crippen molar-refractivity contribution in [2.75, 3.05) is 32.9 Å². The van der Waals surface area contributed by atoms with E-state index < -0.39 is 17.9 Å². The first-order valence-electron chi connectivity index (χ1n) is 15.5. The average Bonchev–Trinajstić information content (AvgIpc) is 2.95. The minimum atomic E-state index is -0.933. The number of carbonyl (C=O) groups excluding carboxylic acids is 1. The molecule has 0 fully saturated rings. The Balaban J connectivity index is 2.87. The normalized spacial score (nSPS) is 11.5. The van der Waals surface area contributed by atoms with E-state index in [-0.39, 0.29) is 0 Å². The van der Waals surface area contributed by atoms with Crippen LogP contribution in [0.15, 0.2) is 12.1 Å². The lowest BCUT2D eigenvalue weighted by atomic mass is 10.1. The largest absolute Gasteiger partial charge is 0.490 e. The van der Waals surface area contributed by atoms with Crippen molar-refractivity contribution in [1.82, 2.24) is 10.6 Å². The van der Waals surface area contributed by atoms with Crippen LogP contribution in [0.2, 0.25) is 0 Å². The molecule has 0 aliphatic rings. The van der Waals surface area contributed by atoms with Crippen LogP contribution in [0.4, 0.5) is 4.79 Å². The first kappa shape index (κ1) is 37.5. The number of nitrogens with one attached hydrogen (secondary N) is 2. The number of terminal acetylenes is 3. The average molecular weight is 597 g/mol. The Morgan fingerprint density at radius 3 is 1.74 bits per heavy atom. The molecule has 0 spiro atoms. The topological polar surface area (TPSA) is 98.3 Å². The van der Waals surface area contributed by atoms with Crippen LogP contribution < -0.4 is 24.8 Å². The van der Waals surface area contributed by atoms with Gasteiger partial charge in [0.1, 0.15) is 11.8 Å². The first-order valence-corrected chi connectivity index (χ1v) is 15.5. The maximum atomic E-state index is 11.8. The Bertz CT molecular complexity index is 999. The van der Waals surface area contributed by atoms with E-state index in [4.69, 9.17) is 38.2 Å². The second kappa shape index (κ2) is 23.0. The predicted molar refractivity (Wildman–Crippen MR) is 172 cm³/mol. The summed E-state index contributed by atoms with van der Waals surface area (Å²) in [6.45, 7) is 8.00. The number of unbranched alkanes of at least 4 members (excludes halogenated alkanes) is 8. The van der Waals surface area contributed by atoms with Gasteiger partial charge in [0.25, 0.3) is 0 Å². The summed E-state index contributed by atoms with van der Waals surface area (Å²) in [5.41, 5.74) is 0.0969. The van der Waals surface area contributed by atoms with Crippen LogP contribution in [0.5, 0.6) is 17.2 Å². The lowest BCUT2D eigenvalue weighted by Gasteiger charge is -2.21. The van der Waals surface area contributed by atoms with Crippen LogP contribution in [0, 0.1) is 37.0 Å². The van der Waals surface area contributed by atoms with Crippen LogP contribution in [-0.4, -0.2) is 49.7 Å². The third-order valence-electron chi connectivity index (χ3n) is 6.13. The van der Waals surface area contributed by atoms with Crippen LogP contribution >= 0.6 is 0 Å². The van der Waals surface area contributed by atoms with E-state index in [1.54, 1.807) is 12.1 Å². The lowest BCUT2D eigenvalue weighted by molar-refractivity contribution is 0.0527. The van der Waals surface area contributed by atoms with E-state index in [2.05, 4.69) is 28.4 Å². The van der Waals surface area contributed by atoms with Gasteiger partial charge in [-0.15, -0.1) is 37.0 Å². The number of hydrogen-bond donors (Lipinski definition) is 3. The highest BCUT2D eigenvalue weighted by atomic mass is 16.6. The van der Waals surface area contributed by atoms with Crippen LogP contribution in [0.25, 0.3) is 0 Å². The van der Waals surface area contributed by atoms with Crippen molar-refractivity contribution in [3.8, 4) is 54.3 Å². The van der Waals surface area contributed by atoms with Gasteiger partial charge in [-0.3, -0.25) is 5.32 Å². The number of ether oxygens (including phenoxy) is 4. The smallest absolute Gasteiger partial charge is 0.407 e. The van der Waals surface area contributed by atoms with Gasteiger partial charge in [0.15, 0.2) is 11.5 Å². The molecule has 0 heterocycles. The summed E-state index contributed by atoms with van der Waals surface area (Å²) in [5.74, 6) is 9.50.